The molecule has 0 rings (SSSR count). The average molecular weight is 315 g/mol. The molecule has 0 heterocycles. The molecule has 128 valence electrons. The van der Waals surface area contributed by atoms with Gasteiger partial charge in [0, 0.05) is 13.1 Å². The second-order valence-corrected chi connectivity index (χ2v) is 6.71. The van der Waals surface area contributed by atoms with E-state index >= 15 is 0 Å². The zero-order chi connectivity index (χ0) is 17.6. The van der Waals surface area contributed by atoms with Gasteiger partial charge in [0.15, 0.2) is 0 Å². The molecule has 0 aromatic heterocycles. The maximum absolute atomic E-state index is 11.9. The lowest BCUT2D eigenvalue weighted by Gasteiger charge is -2.25. The highest BCUT2D eigenvalue weighted by atomic mass is 16.6. The Morgan fingerprint density at radius 1 is 0.955 bits per heavy atom. The van der Waals surface area contributed by atoms with Crippen LogP contribution in [-0.2, 0) is 9.47 Å². The molecule has 0 aliphatic carbocycles. The molecule has 7 heteroatoms. The van der Waals surface area contributed by atoms with Crippen molar-refractivity contribution in [3.05, 3.63) is 0 Å². The molecule has 0 fully saturated rings. The summed E-state index contributed by atoms with van der Waals surface area (Å²) in [5.74, 6) is 0.119. The van der Waals surface area contributed by atoms with Gasteiger partial charge >= 0.3 is 12.2 Å². The van der Waals surface area contributed by atoms with E-state index < -0.39 is 23.4 Å². The Kier molecular flexibility index (Phi) is 7.35. The highest BCUT2D eigenvalue weighted by Gasteiger charge is 2.22. The van der Waals surface area contributed by atoms with Crippen LogP contribution in [0.4, 0.5) is 9.59 Å². The summed E-state index contributed by atoms with van der Waals surface area (Å²) in [6, 6.07) is 0. The molecule has 1 N–H and O–H groups in total. The number of carbonyl (C=O) groups excluding carboxylic acids is 2. The van der Waals surface area contributed by atoms with Crippen molar-refractivity contribution in [3.8, 4) is 0 Å². The zero-order valence-corrected chi connectivity index (χ0v) is 14.9. The van der Waals surface area contributed by atoms with Gasteiger partial charge in [-0.1, -0.05) is 0 Å². The first-order valence-electron chi connectivity index (χ1n) is 7.44. The minimum atomic E-state index is -0.759. The molecule has 2 amide bonds. The zero-order valence-electron chi connectivity index (χ0n) is 14.9. The van der Waals surface area contributed by atoms with E-state index in [4.69, 9.17) is 9.47 Å². The van der Waals surface area contributed by atoms with Crippen LogP contribution < -0.4 is 5.32 Å². The molecule has 0 radical (unpaired) electrons. The van der Waals surface area contributed by atoms with Gasteiger partial charge in [-0.2, -0.15) is 0 Å². The van der Waals surface area contributed by atoms with E-state index in [1.165, 1.54) is 0 Å². The quantitative estimate of drug-likeness (QED) is 0.625. The van der Waals surface area contributed by atoms with Crippen molar-refractivity contribution in [3.63, 3.8) is 0 Å². The summed E-state index contributed by atoms with van der Waals surface area (Å²) >= 11 is 0. The fourth-order valence-corrected chi connectivity index (χ4v) is 1.47. The molecule has 0 saturated heterocycles. The number of guanidine groups is 1. The Labute approximate surface area is 133 Å². The molecule has 0 spiro atoms. The Morgan fingerprint density at radius 2 is 1.41 bits per heavy atom. The largest absolute Gasteiger partial charge is 0.444 e. The number of ether oxygens (including phenoxy) is 2. The van der Waals surface area contributed by atoms with Gasteiger partial charge in [-0.05, 0) is 55.4 Å². The van der Waals surface area contributed by atoms with E-state index in [0.717, 1.165) is 0 Å². The molecule has 0 aliphatic rings. The molecular weight excluding hydrogens is 286 g/mol. The van der Waals surface area contributed by atoms with Crippen LogP contribution in [0.3, 0.4) is 0 Å². The number of amides is 2. The van der Waals surface area contributed by atoms with E-state index in [-0.39, 0.29) is 5.96 Å². The molecule has 0 aromatic rings. The van der Waals surface area contributed by atoms with E-state index in [0.29, 0.717) is 13.1 Å². The van der Waals surface area contributed by atoms with E-state index in [9.17, 15) is 9.59 Å². The van der Waals surface area contributed by atoms with Crippen molar-refractivity contribution in [2.75, 3.05) is 13.1 Å². The number of hydrogen-bond donors (Lipinski definition) is 1. The maximum atomic E-state index is 11.9. The SMILES string of the molecule is CCN(CC)/C(=N/C(=O)OC(C)(C)C)NC(=O)OC(C)(C)C. The minimum absolute atomic E-state index is 0.119. The van der Waals surface area contributed by atoms with E-state index in [1.807, 2.05) is 13.8 Å². The van der Waals surface area contributed by atoms with E-state index in [1.54, 1.807) is 46.4 Å². The lowest BCUT2D eigenvalue weighted by atomic mass is 10.2. The molecule has 0 atom stereocenters. The predicted molar refractivity (Wildman–Crippen MR) is 86.0 cm³/mol. The monoisotopic (exact) mass is 315 g/mol. The van der Waals surface area contributed by atoms with Gasteiger partial charge in [-0.25, -0.2) is 9.59 Å². The third kappa shape index (κ3) is 9.20. The standard InChI is InChI=1S/C15H29N3O4/c1-9-18(10-2)11(16-12(19)21-14(3,4)5)17-13(20)22-15(6,7)8/h9-10H2,1-8H3,(H,16,17,19,20). The molecule has 7 nitrogen and oxygen atoms in total. The summed E-state index contributed by atoms with van der Waals surface area (Å²) in [6.45, 7) is 15.5. The number of carbonyl (C=O) groups is 2. The first-order chi connectivity index (χ1) is 9.88. The lowest BCUT2D eigenvalue weighted by Crippen LogP contribution is -2.46. The first kappa shape index (κ1) is 20.2. The number of hydrogen-bond acceptors (Lipinski definition) is 4. The third-order valence-electron chi connectivity index (χ3n) is 2.27. The molecule has 0 saturated carbocycles. The third-order valence-corrected chi connectivity index (χ3v) is 2.27. The van der Waals surface area contributed by atoms with Gasteiger partial charge in [0.25, 0.3) is 0 Å². The van der Waals surface area contributed by atoms with Gasteiger partial charge in [0.05, 0.1) is 0 Å². The number of rotatable bonds is 2. The van der Waals surface area contributed by atoms with Crippen molar-refractivity contribution >= 4 is 18.1 Å². The number of nitrogens with zero attached hydrogens (tertiary/aromatic N) is 2. The summed E-state index contributed by atoms with van der Waals surface area (Å²) < 4.78 is 10.3. The fourth-order valence-electron chi connectivity index (χ4n) is 1.47. The molecule has 0 unspecified atom stereocenters. The number of nitrogens with one attached hydrogen (secondary N) is 1. The highest BCUT2D eigenvalue weighted by Crippen LogP contribution is 2.09. The van der Waals surface area contributed by atoms with Crippen molar-refractivity contribution < 1.29 is 19.1 Å². The molecule has 0 bridgehead atoms. The van der Waals surface area contributed by atoms with Gasteiger partial charge in [-0.15, -0.1) is 4.99 Å². The number of alkyl carbamates (subject to hydrolysis) is 1. The molecule has 22 heavy (non-hydrogen) atoms. The summed E-state index contributed by atoms with van der Waals surface area (Å²) in [6.07, 6.45) is -1.42. The molecule has 0 aliphatic heterocycles. The molecular formula is C15H29N3O4. The lowest BCUT2D eigenvalue weighted by molar-refractivity contribution is 0.0555. The van der Waals surface area contributed by atoms with Crippen molar-refractivity contribution in [1.82, 2.24) is 10.2 Å². The van der Waals surface area contributed by atoms with Crippen LogP contribution in [0.2, 0.25) is 0 Å². The van der Waals surface area contributed by atoms with Crippen molar-refractivity contribution in [2.45, 2.75) is 66.6 Å². The fraction of sp³-hybridized carbons (Fsp3) is 0.800. The topological polar surface area (TPSA) is 80.2 Å². The van der Waals surface area contributed by atoms with Gasteiger partial charge in [-0.3, -0.25) is 5.32 Å². The predicted octanol–water partition coefficient (Wildman–Crippen LogP) is 3.14. The van der Waals surface area contributed by atoms with Crippen molar-refractivity contribution in [1.29, 1.82) is 0 Å². The summed E-state index contributed by atoms with van der Waals surface area (Å²) in [5.41, 5.74) is -1.29. The average Bonchev–Trinajstić information content (AvgIpc) is 2.24. The Balaban J connectivity index is 5.13. The van der Waals surface area contributed by atoms with Crippen LogP contribution in [0, 0.1) is 0 Å². The second kappa shape index (κ2) is 8.00. The van der Waals surface area contributed by atoms with Gasteiger partial charge < -0.3 is 14.4 Å². The Morgan fingerprint density at radius 3 is 1.77 bits per heavy atom. The smallest absolute Gasteiger partial charge is 0.437 e. The van der Waals surface area contributed by atoms with Crippen LogP contribution in [0.15, 0.2) is 4.99 Å². The van der Waals surface area contributed by atoms with Crippen LogP contribution in [-0.4, -0.2) is 47.3 Å². The molecule has 0 aromatic carbocycles. The van der Waals surface area contributed by atoms with Gasteiger partial charge in [0.2, 0.25) is 5.96 Å². The Hall–Kier alpha value is -1.79. The van der Waals surface area contributed by atoms with Gasteiger partial charge in [0.1, 0.15) is 11.2 Å². The Bertz CT molecular complexity index is 415. The van der Waals surface area contributed by atoms with Crippen molar-refractivity contribution in [2.24, 2.45) is 4.99 Å². The van der Waals surface area contributed by atoms with Crippen LogP contribution in [0.25, 0.3) is 0 Å². The maximum Gasteiger partial charge on any atom is 0.437 e. The summed E-state index contributed by atoms with van der Waals surface area (Å²) in [4.78, 5) is 29.3. The second-order valence-electron chi connectivity index (χ2n) is 6.71. The van der Waals surface area contributed by atoms with E-state index in [2.05, 4.69) is 10.3 Å². The van der Waals surface area contributed by atoms with Crippen LogP contribution in [0.1, 0.15) is 55.4 Å². The summed E-state index contributed by atoms with van der Waals surface area (Å²) in [5, 5.41) is 2.51. The van der Waals surface area contributed by atoms with Crippen LogP contribution >= 0.6 is 0 Å². The number of aliphatic imine (C=N–C) groups is 1. The minimum Gasteiger partial charge on any atom is -0.444 e. The van der Waals surface area contributed by atoms with Crippen LogP contribution in [0.5, 0.6) is 0 Å². The highest BCUT2D eigenvalue weighted by molar-refractivity contribution is 5.98. The first-order valence-corrected chi connectivity index (χ1v) is 7.44. The normalized spacial score (nSPS) is 12.6. The summed E-state index contributed by atoms with van der Waals surface area (Å²) in [7, 11) is 0.